The second-order valence-corrected chi connectivity index (χ2v) is 6.77. The summed E-state index contributed by atoms with van der Waals surface area (Å²) in [6.07, 6.45) is 5.82. The lowest BCUT2D eigenvalue weighted by Crippen LogP contribution is -2.33. The van der Waals surface area contributed by atoms with Crippen LogP contribution in [0.3, 0.4) is 0 Å². The Morgan fingerprint density at radius 1 is 1.44 bits per heavy atom. The Balaban J connectivity index is 1.60. The average molecular weight is 263 g/mol. The molecule has 3 heteroatoms. The fourth-order valence-electron chi connectivity index (χ4n) is 3.28. The summed E-state index contributed by atoms with van der Waals surface area (Å²) in [6.45, 7) is 2.18. The lowest BCUT2D eigenvalue weighted by molar-refractivity contribution is -0.125. The van der Waals surface area contributed by atoms with E-state index in [9.17, 15) is 4.79 Å². The van der Waals surface area contributed by atoms with Crippen LogP contribution in [-0.2, 0) is 4.79 Å². The van der Waals surface area contributed by atoms with Crippen LogP contribution in [0.25, 0.3) is 0 Å². The van der Waals surface area contributed by atoms with Crippen molar-refractivity contribution < 1.29 is 4.79 Å². The predicted octanol–water partition coefficient (Wildman–Crippen LogP) is 3.75. The van der Waals surface area contributed by atoms with E-state index < -0.39 is 0 Å². The van der Waals surface area contributed by atoms with Gasteiger partial charge in [-0.3, -0.25) is 4.79 Å². The molecule has 1 aromatic heterocycles. The van der Waals surface area contributed by atoms with Crippen LogP contribution in [0.4, 0.5) is 0 Å². The molecule has 0 aromatic carbocycles. The van der Waals surface area contributed by atoms with Crippen molar-refractivity contribution in [1.82, 2.24) is 5.32 Å². The van der Waals surface area contributed by atoms with Gasteiger partial charge >= 0.3 is 0 Å². The quantitative estimate of drug-likeness (QED) is 0.861. The molecule has 1 N–H and O–H groups in total. The second kappa shape index (κ2) is 5.04. The van der Waals surface area contributed by atoms with Crippen LogP contribution in [0.1, 0.15) is 49.9 Å². The Kier molecular flexibility index (Phi) is 3.42. The fourth-order valence-corrected chi connectivity index (χ4v) is 4.09. The molecule has 18 heavy (non-hydrogen) atoms. The normalized spacial score (nSPS) is 30.8. The van der Waals surface area contributed by atoms with E-state index in [-0.39, 0.29) is 6.04 Å². The van der Waals surface area contributed by atoms with Gasteiger partial charge in [0, 0.05) is 10.8 Å². The van der Waals surface area contributed by atoms with Crippen LogP contribution in [-0.4, -0.2) is 5.91 Å². The maximum Gasteiger partial charge on any atom is 0.223 e. The molecule has 98 valence electrons. The van der Waals surface area contributed by atoms with Gasteiger partial charge in [0.15, 0.2) is 0 Å². The van der Waals surface area contributed by atoms with Crippen molar-refractivity contribution >= 4 is 17.2 Å². The summed E-state index contributed by atoms with van der Waals surface area (Å²) in [6, 6.07) is 4.44. The van der Waals surface area contributed by atoms with E-state index in [4.69, 9.17) is 0 Å². The maximum atomic E-state index is 12.3. The zero-order valence-electron chi connectivity index (χ0n) is 10.9. The van der Waals surface area contributed by atoms with Crippen molar-refractivity contribution in [1.29, 1.82) is 0 Å². The monoisotopic (exact) mass is 263 g/mol. The molecule has 2 saturated carbocycles. The predicted molar refractivity (Wildman–Crippen MR) is 74.4 cm³/mol. The number of thiophene rings is 1. The van der Waals surface area contributed by atoms with E-state index in [0.717, 1.165) is 37.5 Å². The lowest BCUT2D eigenvalue weighted by Gasteiger charge is -2.20. The summed E-state index contributed by atoms with van der Waals surface area (Å²) in [7, 11) is 0. The molecular weight excluding hydrogens is 242 g/mol. The molecule has 3 unspecified atom stereocenters. The Morgan fingerprint density at radius 3 is 2.83 bits per heavy atom. The number of fused-ring (bicyclic) bond motifs is 1. The highest BCUT2D eigenvalue weighted by atomic mass is 32.1. The Bertz CT molecular complexity index is 404. The van der Waals surface area contributed by atoms with Crippen molar-refractivity contribution in [3.63, 3.8) is 0 Å². The second-order valence-electron chi connectivity index (χ2n) is 5.79. The van der Waals surface area contributed by atoms with E-state index in [2.05, 4.69) is 29.8 Å². The van der Waals surface area contributed by atoms with Gasteiger partial charge in [0.25, 0.3) is 0 Å². The van der Waals surface area contributed by atoms with Crippen molar-refractivity contribution in [2.75, 3.05) is 0 Å². The van der Waals surface area contributed by atoms with Crippen molar-refractivity contribution in [2.24, 2.45) is 17.8 Å². The molecular formula is C15H21NOS. The van der Waals surface area contributed by atoms with Gasteiger partial charge in [-0.05, 0) is 49.0 Å². The Labute approximate surface area is 113 Å². The van der Waals surface area contributed by atoms with Crippen molar-refractivity contribution in [2.45, 2.75) is 45.1 Å². The van der Waals surface area contributed by atoms with Gasteiger partial charge < -0.3 is 5.32 Å². The van der Waals surface area contributed by atoms with E-state index in [0.29, 0.717) is 11.8 Å². The van der Waals surface area contributed by atoms with Gasteiger partial charge in [-0.1, -0.05) is 19.4 Å². The molecule has 0 saturated heterocycles. The molecule has 1 amide bonds. The van der Waals surface area contributed by atoms with Crippen LogP contribution >= 0.6 is 11.3 Å². The average Bonchev–Trinajstić information content (AvgIpc) is 2.85. The van der Waals surface area contributed by atoms with E-state index in [1.807, 2.05) is 0 Å². The number of carbonyl (C=O) groups is 1. The number of amides is 1. The number of nitrogens with one attached hydrogen (secondary N) is 1. The van der Waals surface area contributed by atoms with Gasteiger partial charge in [0.05, 0.1) is 6.04 Å². The first-order valence-electron chi connectivity index (χ1n) is 7.11. The topological polar surface area (TPSA) is 29.1 Å². The van der Waals surface area contributed by atoms with Crippen molar-refractivity contribution in [3.05, 3.63) is 22.4 Å². The van der Waals surface area contributed by atoms with Crippen molar-refractivity contribution in [3.8, 4) is 0 Å². The summed E-state index contributed by atoms with van der Waals surface area (Å²) in [5.74, 6) is 2.36. The Hall–Kier alpha value is -0.830. The largest absolute Gasteiger partial charge is 0.348 e. The van der Waals surface area contributed by atoms with Crippen LogP contribution < -0.4 is 5.32 Å². The minimum atomic E-state index is 0.236. The number of hydrogen-bond acceptors (Lipinski definition) is 2. The zero-order valence-corrected chi connectivity index (χ0v) is 11.7. The van der Waals surface area contributed by atoms with Gasteiger partial charge in [-0.2, -0.15) is 0 Å². The first kappa shape index (κ1) is 12.2. The van der Waals surface area contributed by atoms with Gasteiger partial charge in [-0.15, -0.1) is 11.3 Å². The summed E-state index contributed by atoms with van der Waals surface area (Å²) < 4.78 is 0. The molecule has 1 aromatic rings. The molecule has 0 spiro atoms. The lowest BCUT2D eigenvalue weighted by atomic mass is 10.0. The van der Waals surface area contributed by atoms with Crippen LogP contribution in [0.2, 0.25) is 0 Å². The van der Waals surface area contributed by atoms with Gasteiger partial charge in [-0.25, -0.2) is 0 Å². The minimum absolute atomic E-state index is 0.236. The summed E-state index contributed by atoms with van der Waals surface area (Å²) >= 11 is 1.75. The Morgan fingerprint density at radius 2 is 2.22 bits per heavy atom. The highest BCUT2D eigenvalue weighted by molar-refractivity contribution is 7.10. The van der Waals surface area contributed by atoms with Gasteiger partial charge in [0.2, 0.25) is 5.91 Å². The molecule has 3 atom stereocenters. The summed E-state index contributed by atoms with van der Waals surface area (Å²) in [5, 5.41) is 5.37. The number of rotatable bonds is 5. The third-order valence-corrected chi connectivity index (χ3v) is 5.38. The third kappa shape index (κ3) is 2.46. The van der Waals surface area contributed by atoms with E-state index >= 15 is 0 Å². The minimum Gasteiger partial charge on any atom is -0.348 e. The first-order valence-corrected chi connectivity index (χ1v) is 7.99. The molecule has 0 bridgehead atoms. The molecule has 2 nitrogen and oxygen atoms in total. The maximum absolute atomic E-state index is 12.3. The first-order chi connectivity index (χ1) is 8.78. The van der Waals surface area contributed by atoms with E-state index in [1.54, 1.807) is 11.3 Å². The molecule has 3 rings (SSSR count). The number of hydrogen-bond donors (Lipinski definition) is 1. The third-order valence-electron chi connectivity index (χ3n) is 4.39. The molecule has 0 radical (unpaired) electrons. The molecule has 2 aliphatic rings. The molecule has 2 fully saturated rings. The smallest absolute Gasteiger partial charge is 0.223 e. The van der Waals surface area contributed by atoms with Crippen LogP contribution in [0.15, 0.2) is 17.5 Å². The van der Waals surface area contributed by atoms with Crippen LogP contribution in [0, 0.1) is 17.8 Å². The summed E-state index contributed by atoms with van der Waals surface area (Å²) in [4.78, 5) is 13.6. The number of carbonyl (C=O) groups excluding carboxylic acids is 1. The van der Waals surface area contributed by atoms with Gasteiger partial charge in [0.1, 0.15) is 0 Å². The molecule has 1 heterocycles. The highest BCUT2D eigenvalue weighted by Crippen LogP contribution is 2.54. The zero-order chi connectivity index (χ0) is 12.5. The van der Waals surface area contributed by atoms with E-state index in [1.165, 1.54) is 11.3 Å². The highest BCUT2D eigenvalue weighted by Gasteiger charge is 2.48. The molecule has 2 aliphatic carbocycles. The SMILES string of the molecule is CCCC(NC(=O)C1CC2CC2C1)c1cccs1. The standard InChI is InChI=1S/C15H21NOS/c1-2-4-13(14-5-3-6-18-14)16-15(17)12-8-10-7-11(10)9-12/h3,5-6,10-13H,2,4,7-9H2,1H3,(H,16,17). The van der Waals surface area contributed by atoms with Crippen LogP contribution in [0.5, 0.6) is 0 Å². The molecule has 0 aliphatic heterocycles. The summed E-state index contributed by atoms with van der Waals surface area (Å²) in [5.41, 5.74) is 0. The fraction of sp³-hybridized carbons (Fsp3) is 0.667.